The van der Waals surface area contributed by atoms with Crippen molar-refractivity contribution < 1.29 is 24.6 Å². The standard InChI is InChI=1S/C18H19NO5/c20-16(18(22)23)15(11-13-7-3-1-4-8-13)17(21)19-24-12-14-9-5-2-6-10-14/h1-10,15-16,20H,11-12H2,(H,19,21)(H,22,23)/t15-,16+/m1/s1. The van der Waals surface area contributed by atoms with Crippen LogP contribution >= 0.6 is 0 Å². The van der Waals surface area contributed by atoms with Gasteiger partial charge in [0.2, 0.25) is 5.91 Å². The number of benzene rings is 2. The Hall–Kier alpha value is -2.70. The van der Waals surface area contributed by atoms with Gasteiger partial charge in [-0.2, -0.15) is 0 Å². The molecule has 0 unspecified atom stereocenters. The van der Waals surface area contributed by atoms with Crippen molar-refractivity contribution in [3.63, 3.8) is 0 Å². The van der Waals surface area contributed by atoms with E-state index in [-0.39, 0.29) is 13.0 Å². The van der Waals surface area contributed by atoms with E-state index in [2.05, 4.69) is 5.48 Å². The normalized spacial score (nSPS) is 13.0. The van der Waals surface area contributed by atoms with Crippen molar-refractivity contribution >= 4 is 11.9 Å². The number of aliphatic hydroxyl groups excluding tert-OH is 1. The van der Waals surface area contributed by atoms with Gasteiger partial charge in [0, 0.05) is 0 Å². The van der Waals surface area contributed by atoms with Crippen LogP contribution in [0.4, 0.5) is 0 Å². The summed E-state index contributed by atoms with van der Waals surface area (Å²) >= 11 is 0. The van der Waals surface area contributed by atoms with Crippen molar-refractivity contribution in [2.75, 3.05) is 0 Å². The highest BCUT2D eigenvalue weighted by Gasteiger charge is 2.32. The van der Waals surface area contributed by atoms with Gasteiger partial charge in [0.15, 0.2) is 6.10 Å². The molecule has 0 spiro atoms. The molecule has 2 aromatic carbocycles. The van der Waals surface area contributed by atoms with Crippen LogP contribution in [0.15, 0.2) is 60.7 Å². The minimum absolute atomic E-state index is 0.0921. The van der Waals surface area contributed by atoms with E-state index in [0.717, 1.165) is 11.1 Å². The fourth-order valence-corrected chi connectivity index (χ4v) is 2.23. The molecule has 0 aliphatic rings. The van der Waals surface area contributed by atoms with Crippen LogP contribution in [0.3, 0.4) is 0 Å². The van der Waals surface area contributed by atoms with E-state index in [1.807, 2.05) is 36.4 Å². The third-order valence-corrected chi connectivity index (χ3v) is 3.52. The quantitative estimate of drug-likeness (QED) is 0.639. The number of carbonyl (C=O) groups is 2. The zero-order valence-electron chi connectivity index (χ0n) is 13.0. The molecule has 0 aromatic heterocycles. The maximum absolute atomic E-state index is 12.2. The summed E-state index contributed by atoms with van der Waals surface area (Å²) in [7, 11) is 0. The van der Waals surface area contributed by atoms with E-state index >= 15 is 0 Å². The molecule has 24 heavy (non-hydrogen) atoms. The number of amides is 1. The van der Waals surface area contributed by atoms with Crippen molar-refractivity contribution in [1.82, 2.24) is 5.48 Å². The van der Waals surface area contributed by atoms with E-state index in [4.69, 9.17) is 9.94 Å². The van der Waals surface area contributed by atoms with Crippen LogP contribution in [0.2, 0.25) is 0 Å². The highest BCUT2D eigenvalue weighted by Crippen LogP contribution is 2.14. The molecule has 1 amide bonds. The van der Waals surface area contributed by atoms with Gasteiger partial charge in [-0.1, -0.05) is 60.7 Å². The first kappa shape index (κ1) is 17.7. The number of aliphatic carboxylic acids is 1. The molecule has 6 nitrogen and oxygen atoms in total. The van der Waals surface area contributed by atoms with Crippen molar-refractivity contribution in [3.8, 4) is 0 Å². The van der Waals surface area contributed by atoms with E-state index in [1.165, 1.54) is 0 Å². The van der Waals surface area contributed by atoms with Crippen molar-refractivity contribution in [2.45, 2.75) is 19.1 Å². The largest absolute Gasteiger partial charge is 0.479 e. The van der Waals surface area contributed by atoms with Crippen LogP contribution in [-0.2, 0) is 27.5 Å². The van der Waals surface area contributed by atoms with Crippen LogP contribution in [0.25, 0.3) is 0 Å². The van der Waals surface area contributed by atoms with Crippen LogP contribution in [0.5, 0.6) is 0 Å². The molecule has 0 aliphatic heterocycles. The van der Waals surface area contributed by atoms with E-state index in [9.17, 15) is 14.7 Å². The van der Waals surface area contributed by atoms with Crippen LogP contribution in [-0.4, -0.2) is 28.2 Å². The number of nitrogens with one attached hydrogen (secondary N) is 1. The minimum atomic E-state index is -1.81. The summed E-state index contributed by atoms with van der Waals surface area (Å²) < 4.78 is 0. The first-order valence-electron chi connectivity index (χ1n) is 7.48. The number of carboxylic acids is 1. The third-order valence-electron chi connectivity index (χ3n) is 3.52. The highest BCUT2D eigenvalue weighted by atomic mass is 16.6. The van der Waals surface area contributed by atoms with Gasteiger partial charge < -0.3 is 10.2 Å². The summed E-state index contributed by atoms with van der Waals surface area (Å²) in [4.78, 5) is 28.4. The second-order valence-electron chi connectivity index (χ2n) is 5.32. The summed E-state index contributed by atoms with van der Waals surface area (Å²) in [5, 5.41) is 18.8. The van der Waals surface area contributed by atoms with E-state index < -0.39 is 23.9 Å². The smallest absolute Gasteiger partial charge is 0.333 e. The molecule has 0 heterocycles. The van der Waals surface area contributed by atoms with E-state index in [1.54, 1.807) is 24.3 Å². The number of hydrogen-bond donors (Lipinski definition) is 3. The van der Waals surface area contributed by atoms with Gasteiger partial charge in [0.1, 0.15) is 0 Å². The van der Waals surface area contributed by atoms with Gasteiger partial charge in [-0.15, -0.1) is 0 Å². The SMILES string of the molecule is O=C(O)[C@@H](O)[C@@H](Cc1ccccc1)C(=O)NOCc1ccccc1. The van der Waals surface area contributed by atoms with Gasteiger partial charge in [-0.3, -0.25) is 9.63 Å². The van der Waals surface area contributed by atoms with Crippen LogP contribution in [0, 0.1) is 5.92 Å². The average Bonchev–Trinajstić information content (AvgIpc) is 2.60. The molecule has 126 valence electrons. The Kier molecular flexibility index (Phi) is 6.48. The number of rotatable bonds is 8. The summed E-state index contributed by atoms with van der Waals surface area (Å²) in [6.45, 7) is 0.147. The topological polar surface area (TPSA) is 95.9 Å². The van der Waals surface area contributed by atoms with Crippen molar-refractivity contribution in [3.05, 3.63) is 71.8 Å². The molecule has 6 heteroatoms. The fourth-order valence-electron chi connectivity index (χ4n) is 2.23. The zero-order chi connectivity index (χ0) is 17.4. The number of aliphatic hydroxyl groups is 1. The lowest BCUT2D eigenvalue weighted by Crippen LogP contribution is -2.42. The second kappa shape index (κ2) is 8.81. The molecular weight excluding hydrogens is 310 g/mol. The minimum Gasteiger partial charge on any atom is -0.479 e. The predicted octanol–water partition coefficient (Wildman–Crippen LogP) is 1.54. The third kappa shape index (κ3) is 5.19. The average molecular weight is 329 g/mol. The molecule has 0 aliphatic carbocycles. The second-order valence-corrected chi connectivity index (χ2v) is 5.32. The first-order chi connectivity index (χ1) is 11.6. The van der Waals surface area contributed by atoms with Crippen LogP contribution < -0.4 is 5.48 Å². The van der Waals surface area contributed by atoms with E-state index in [0.29, 0.717) is 0 Å². The number of carbonyl (C=O) groups excluding carboxylic acids is 1. The highest BCUT2D eigenvalue weighted by molar-refractivity contribution is 5.85. The molecule has 0 bridgehead atoms. The Bertz CT molecular complexity index is 660. The lowest BCUT2D eigenvalue weighted by molar-refractivity contribution is -0.157. The van der Waals surface area contributed by atoms with Gasteiger partial charge >= 0.3 is 5.97 Å². The van der Waals surface area contributed by atoms with Crippen molar-refractivity contribution in [1.29, 1.82) is 0 Å². The summed E-state index contributed by atoms with van der Waals surface area (Å²) in [6, 6.07) is 18.1. The van der Waals surface area contributed by atoms with Gasteiger partial charge in [-0.05, 0) is 17.5 Å². The molecule has 2 atom stereocenters. The molecule has 0 radical (unpaired) electrons. The summed E-state index contributed by atoms with van der Waals surface area (Å²) in [5.41, 5.74) is 3.83. The molecular formula is C18H19NO5. The summed E-state index contributed by atoms with van der Waals surface area (Å²) in [6.07, 6.45) is -1.72. The lowest BCUT2D eigenvalue weighted by atomic mass is 9.93. The monoisotopic (exact) mass is 329 g/mol. The Labute approximate surface area is 139 Å². The lowest BCUT2D eigenvalue weighted by Gasteiger charge is -2.19. The molecule has 0 saturated carbocycles. The van der Waals surface area contributed by atoms with Crippen molar-refractivity contribution in [2.24, 2.45) is 5.92 Å². The van der Waals surface area contributed by atoms with Gasteiger partial charge in [0.05, 0.1) is 12.5 Å². The Morgan fingerprint density at radius 2 is 1.50 bits per heavy atom. The zero-order valence-corrected chi connectivity index (χ0v) is 13.0. The van der Waals surface area contributed by atoms with Gasteiger partial charge in [-0.25, -0.2) is 10.3 Å². The predicted molar refractivity (Wildman–Crippen MR) is 86.7 cm³/mol. The maximum atomic E-state index is 12.2. The Morgan fingerprint density at radius 1 is 0.958 bits per heavy atom. The number of hydroxylamine groups is 1. The van der Waals surface area contributed by atoms with Crippen LogP contribution in [0.1, 0.15) is 11.1 Å². The number of carboxylic acid groups (broad SMARTS) is 1. The number of hydrogen-bond acceptors (Lipinski definition) is 4. The Morgan fingerprint density at radius 3 is 2.04 bits per heavy atom. The molecule has 3 N–H and O–H groups in total. The Balaban J connectivity index is 1.97. The molecule has 2 rings (SSSR count). The summed E-state index contributed by atoms with van der Waals surface area (Å²) in [5.74, 6) is -3.28. The maximum Gasteiger partial charge on any atom is 0.333 e. The first-order valence-corrected chi connectivity index (χ1v) is 7.48. The molecule has 2 aromatic rings. The molecule has 0 saturated heterocycles. The molecule has 0 fully saturated rings. The fraction of sp³-hybridized carbons (Fsp3) is 0.222. The van der Waals surface area contributed by atoms with Gasteiger partial charge in [0.25, 0.3) is 0 Å².